The molecule has 2 aromatic rings. The van der Waals surface area contributed by atoms with Crippen LogP contribution < -0.4 is 0 Å². The summed E-state index contributed by atoms with van der Waals surface area (Å²) in [6.07, 6.45) is 0. The highest BCUT2D eigenvalue weighted by atomic mass is 79.9. The summed E-state index contributed by atoms with van der Waals surface area (Å²) in [7, 11) is 0. The highest BCUT2D eigenvalue weighted by Crippen LogP contribution is 2.33. The van der Waals surface area contributed by atoms with Crippen molar-refractivity contribution in [2.75, 3.05) is 0 Å². The molecule has 0 N–H and O–H groups in total. The summed E-state index contributed by atoms with van der Waals surface area (Å²) in [6.45, 7) is 0. The number of halogens is 4. The fraction of sp³-hybridized carbons (Fsp3) is 0. The molecule has 0 aliphatic carbocycles. The van der Waals surface area contributed by atoms with Gasteiger partial charge in [-0.15, -0.1) is 11.3 Å². The van der Waals surface area contributed by atoms with E-state index in [1.165, 1.54) is 18.2 Å². The van der Waals surface area contributed by atoms with Crippen molar-refractivity contribution in [2.45, 2.75) is 0 Å². The van der Waals surface area contributed by atoms with Gasteiger partial charge in [-0.1, -0.05) is 23.2 Å². The maximum atomic E-state index is 13.5. The number of rotatable bonds is 2. The third-order valence-corrected chi connectivity index (χ3v) is 4.75. The SMILES string of the molecule is O=C(c1cc(Br)c(Cl)s1)c1cc(Cl)ccc1F. The fourth-order valence-corrected chi connectivity index (χ4v) is 3.09. The van der Waals surface area contributed by atoms with E-state index in [2.05, 4.69) is 15.9 Å². The molecule has 1 nitrogen and oxygen atoms in total. The molecule has 0 amide bonds. The number of hydrogen-bond acceptors (Lipinski definition) is 2. The van der Waals surface area contributed by atoms with E-state index in [1.807, 2.05) is 0 Å². The van der Waals surface area contributed by atoms with Gasteiger partial charge in [0.25, 0.3) is 0 Å². The van der Waals surface area contributed by atoms with Crippen LogP contribution in [-0.2, 0) is 0 Å². The minimum absolute atomic E-state index is 0.0529. The van der Waals surface area contributed by atoms with E-state index in [4.69, 9.17) is 23.2 Å². The van der Waals surface area contributed by atoms with Gasteiger partial charge in [-0.25, -0.2) is 4.39 Å². The first kappa shape index (κ1) is 13.0. The van der Waals surface area contributed by atoms with Crippen molar-refractivity contribution in [3.8, 4) is 0 Å². The van der Waals surface area contributed by atoms with Crippen LogP contribution in [0.25, 0.3) is 0 Å². The molecule has 0 aliphatic rings. The molecule has 2 rings (SSSR count). The molecule has 0 radical (unpaired) electrons. The van der Waals surface area contributed by atoms with Crippen LogP contribution in [0.3, 0.4) is 0 Å². The smallest absolute Gasteiger partial charge is 0.206 e. The topological polar surface area (TPSA) is 17.1 Å². The molecular formula is C11H4BrCl2FOS. The van der Waals surface area contributed by atoms with Crippen LogP contribution in [0.5, 0.6) is 0 Å². The lowest BCUT2D eigenvalue weighted by molar-refractivity contribution is 0.103. The van der Waals surface area contributed by atoms with Crippen LogP contribution in [0.1, 0.15) is 15.2 Å². The number of carbonyl (C=O) groups is 1. The van der Waals surface area contributed by atoms with Gasteiger partial charge in [-0.2, -0.15) is 0 Å². The van der Waals surface area contributed by atoms with Gasteiger partial charge in [0.05, 0.1) is 10.4 Å². The molecule has 0 spiro atoms. The fourth-order valence-electron chi connectivity index (χ4n) is 1.26. The summed E-state index contributed by atoms with van der Waals surface area (Å²) in [5.74, 6) is -1.03. The molecule has 1 aromatic heterocycles. The molecule has 0 atom stereocenters. The second-order valence-corrected chi connectivity index (χ2v) is 6.13. The molecule has 6 heteroatoms. The molecule has 1 aromatic carbocycles. The monoisotopic (exact) mass is 352 g/mol. The molecule has 0 saturated heterocycles. The molecule has 0 unspecified atom stereocenters. The van der Waals surface area contributed by atoms with Gasteiger partial charge < -0.3 is 0 Å². The molecule has 0 bridgehead atoms. The zero-order valence-electron chi connectivity index (χ0n) is 8.14. The predicted molar refractivity (Wildman–Crippen MR) is 71.9 cm³/mol. The Hall–Kier alpha value is -0.420. The van der Waals surface area contributed by atoms with E-state index >= 15 is 0 Å². The quantitative estimate of drug-likeness (QED) is 0.679. The van der Waals surface area contributed by atoms with Crippen molar-refractivity contribution in [3.63, 3.8) is 0 Å². The van der Waals surface area contributed by atoms with E-state index in [9.17, 15) is 9.18 Å². The molecular weight excluding hydrogens is 350 g/mol. The van der Waals surface area contributed by atoms with Crippen LogP contribution in [-0.4, -0.2) is 5.78 Å². The van der Waals surface area contributed by atoms with Crippen LogP contribution in [0.2, 0.25) is 9.36 Å². The molecule has 17 heavy (non-hydrogen) atoms. The van der Waals surface area contributed by atoms with Crippen LogP contribution in [0.15, 0.2) is 28.7 Å². The summed E-state index contributed by atoms with van der Waals surface area (Å²) < 4.78 is 14.6. The van der Waals surface area contributed by atoms with E-state index in [0.29, 0.717) is 18.7 Å². The lowest BCUT2D eigenvalue weighted by Gasteiger charge is -2.00. The first-order chi connectivity index (χ1) is 7.99. The average Bonchev–Trinajstić information content (AvgIpc) is 2.62. The van der Waals surface area contributed by atoms with Gasteiger partial charge in [0.1, 0.15) is 10.2 Å². The molecule has 0 saturated carbocycles. The first-order valence-electron chi connectivity index (χ1n) is 4.43. The molecule has 88 valence electrons. The standard InChI is InChI=1S/C11H4BrCl2FOS/c12-7-4-9(17-11(7)14)10(16)6-3-5(13)1-2-8(6)15/h1-4H. The highest BCUT2D eigenvalue weighted by Gasteiger charge is 2.18. The van der Waals surface area contributed by atoms with Crippen molar-refractivity contribution in [3.05, 3.63) is 54.4 Å². The summed E-state index contributed by atoms with van der Waals surface area (Å²) in [5, 5.41) is 0.316. The summed E-state index contributed by atoms with van der Waals surface area (Å²) in [4.78, 5) is 12.4. The van der Waals surface area contributed by atoms with Crippen LogP contribution in [0.4, 0.5) is 4.39 Å². The Morgan fingerprint density at radius 2 is 2.00 bits per heavy atom. The van der Waals surface area contributed by atoms with Crippen molar-refractivity contribution in [2.24, 2.45) is 0 Å². The lowest BCUT2D eigenvalue weighted by atomic mass is 10.1. The highest BCUT2D eigenvalue weighted by molar-refractivity contribution is 9.10. The number of benzene rings is 1. The largest absolute Gasteiger partial charge is 0.288 e. The summed E-state index contributed by atoms with van der Waals surface area (Å²) >= 11 is 15.9. The third kappa shape index (κ3) is 2.71. The maximum absolute atomic E-state index is 13.5. The lowest BCUT2D eigenvalue weighted by Crippen LogP contribution is -2.01. The van der Waals surface area contributed by atoms with Gasteiger partial charge in [0, 0.05) is 9.50 Å². The van der Waals surface area contributed by atoms with E-state index in [-0.39, 0.29) is 5.56 Å². The average molecular weight is 354 g/mol. The Balaban J connectivity index is 2.47. The Morgan fingerprint density at radius 3 is 2.59 bits per heavy atom. The van der Waals surface area contributed by atoms with E-state index < -0.39 is 11.6 Å². The number of carbonyl (C=O) groups excluding carboxylic acids is 1. The van der Waals surface area contributed by atoms with E-state index in [0.717, 1.165) is 11.3 Å². The minimum Gasteiger partial charge on any atom is -0.288 e. The third-order valence-electron chi connectivity index (χ3n) is 2.04. The number of hydrogen-bond donors (Lipinski definition) is 0. The first-order valence-corrected chi connectivity index (χ1v) is 6.80. The van der Waals surface area contributed by atoms with Crippen LogP contribution >= 0.6 is 50.5 Å². The van der Waals surface area contributed by atoms with Crippen LogP contribution in [0, 0.1) is 5.82 Å². The summed E-state index contributed by atoms with van der Waals surface area (Å²) in [5.41, 5.74) is -0.0529. The van der Waals surface area contributed by atoms with Crippen molar-refractivity contribution in [1.82, 2.24) is 0 Å². The van der Waals surface area contributed by atoms with Gasteiger partial charge in [0.2, 0.25) is 5.78 Å². The van der Waals surface area contributed by atoms with Crippen molar-refractivity contribution >= 4 is 56.3 Å². The van der Waals surface area contributed by atoms with Gasteiger partial charge in [0.15, 0.2) is 0 Å². The molecule has 0 fully saturated rings. The second kappa shape index (κ2) is 5.06. The van der Waals surface area contributed by atoms with Gasteiger partial charge in [-0.05, 0) is 40.2 Å². The molecule has 0 aliphatic heterocycles. The van der Waals surface area contributed by atoms with Crippen molar-refractivity contribution in [1.29, 1.82) is 0 Å². The van der Waals surface area contributed by atoms with Crippen molar-refractivity contribution < 1.29 is 9.18 Å². The van der Waals surface area contributed by atoms with E-state index in [1.54, 1.807) is 6.07 Å². The normalized spacial score (nSPS) is 10.6. The zero-order chi connectivity index (χ0) is 12.6. The Kier molecular flexibility index (Phi) is 3.88. The summed E-state index contributed by atoms with van der Waals surface area (Å²) in [6, 6.07) is 5.43. The predicted octanol–water partition coefficient (Wildman–Crippen LogP) is 5.19. The second-order valence-electron chi connectivity index (χ2n) is 3.19. The number of ketones is 1. The van der Waals surface area contributed by atoms with Gasteiger partial charge in [-0.3, -0.25) is 4.79 Å². The zero-order valence-corrected chi connectivity index (χ0v) is 12.1. The number of thiophene rings is 1. The minimum atomic E-state index is -0.597. The Bertz CT molecular complexity index is 578. The van der Waals surface area contributed by atoms with Gasteiger partial charge >= 0.3 is 0 Å². The Labute approximate surface area is 119 Å². The molecule has 1 heterocycles. The Morgan fingerprint density at radius 1 is 1.29 bits per heavy atom. The maximum Gasteiger partial charge on any atom is 0.206 e.